The Hall–Kier alpha value is -4.24. The zero-order valence-electron chi connectivity index (χ0n) is 37.1. The SMILES string of the molecule is [2H]c1c2c3c(c([2H])c1C(C)(C)C)N(c1ccc(C(C)(C)C)cc1)c1ccc(C(C)(C)C)cc1B3c1cc(C(C)(C)C)ccc1N2c1ccc(C(C)(C)C)cc1. The summed E-state index contributed by atoms with van der Waals surface area (Å²) in [4.78, 5) is 4.69. The van der Waals surface area contributed by atoms with Crippen LogP contribution in [0.1, 0.15) is 134 Å². The Labute approximate surface area is 324 Å². The maximum absolute atomic E-state index is 10.2. The van der Waals surface area contributed by atoms with Gasteiger partial charge in [0.1, 0.15) is 0 Å². The molecular weight excluding hydrogens is 639 g/mol. The van der Waals surface area contributed by atoms with E-state index in [1.165, 1.54) is 33.2 Å². The lowest BCUT2D eigenvalue weighted by Crippen LogP contribution is -2.61. The van der Waals surface area contributed by atoms with Crippen LogP contribution in [0.4, 0.5) is 34.1 Å². The summed E-state index contributed by atoms with van der Waals surface area (Å²) in [6, 6.07) is 32.8. The second kappa shape index (κ2) is 12.1. The maximum atomic E-state index is 10.2. The molecule has 0 aliphatic carbocycles. The lowest BCUT2D eigenvalue weighted by molar-refractivity contribution is 0.589. The van der Waals surface area contributed by atoms with E-state index in [-0.39, 0.29) is 28.4 Å². The molecule has 0 fully saturated rings. The molecule has 5 aromatic carbocycles. The fourth-order valence-corrected chi connectivity index (χ4v) is 7.90. The molecule has 3 heteroatoms. The van der Waals surface area contributed by atoms with Crippen molar-refractivity contribution in [3.05, 3.63) is 125 Å². The van der Waals surface area contributed by atoms with Crippen LogP contribution in [-0.2, 0) is 27.1 Å². The number of hydrogen-bond donors (Lipinski definition) is 0. The van der Waals surface area contributed by atoms with Crippen molar-refractivity contribution in [2.24, 2.45) is 0 Å². The lowest BCUT2D eigenvalue weighted by Gasteiger charge is -2.45. The Morgan fingerprint density at radius 3 is 0.981 bits per heavy atom. The quantitative estimate of drug-likeness (QED) is 0.166. The van der Waals surface area contributed by atoms with Crippen LogP contribution in [0.3, 0.4) is 0 Å². The van der Waals surface area contributed by atoms with Gasteiger partial charge < -0.3 is 9.80 Å². The average Bonchev–Trinajstić information content (AvgIpc) is 3.07. The van der Waals surface area contributed by atoms with E-state index >= 15 is 0 Å². The van der Waals surface area contributed by atoms with Crippen molar-refractivity contribution in [3.8, 4) is 0 Å². The third-order valence-electron chi connectivity index (χ3n) is 11.4. The second-order valence-corrected chi connectivity index (χ2v) is 20.7. The maximum Gasteiger partial charge on any atom is 0.252 e. The van der Waals surface area contributed by atoms with Crippen LogP contribution in [0.2, 0.25) is 0 Å². The number of nitrogens with zero attached hydrogens (tertiary/aromatic N) is 2. The van der Waals surface area contributed by atoms with Crippen molar-refractivity contribution in [2.45, 2.75) is 131 Å². The standard InChI is InChI=1S/C50H61BN2/c1-46(2,3)32-16-22-37(23-17-32)52-41-26-20-34(48(7,8)9)28-39(41)51-40-29-35(49(10,11)12)21-27-42(40)53(38-24-18-33(19-25-38)47(4,5)6)44-31-36(50(13,14)15)30-43(52)45(44)51/h16-31H,1-15H3/i30D,31D. The van der Waals surface area contributed by atoms with Gasteiger partial charge in [0.15, 0.2) is 0 Å². The van der Waals surface area contributed by atoms with Crippen molar-refractivity contribution >= 4 is 57.2 Å². The molecule has 0 saturated heterocycles. The molecule has 0 atom stereocenters. The van der Waals surface area contributed by atoms with E-state index in [2.05, 4.69) is 199 Å². The third-order valence-corrected chi connectivity index (χ3v) is 11.4. The molecule has 0 N–H and O–H groups in total. The Kier molecular flexibility index (Phi) is 7.91. The molecule has 5 aromatic rings. The molecule has 2 nitrogen and oxygen atoms in total. The Morgan fingerprint density at radius 2 is 0.679 bits per heavy atom. The van der Waals surface area contributed by atoms with Gasteiger partial charge in [-0.05, 0) is 120 Å². The van der Waals surface area contributed by atoms with Crippen molar-refractivity contribution in [2.75, 3.05) is 9.80 Å². The van der Waals surface area contributed by atoms with Gasteiger partial charge in [-0.15, -0.1) is 0 Å². The van der Waals surface area contributed by atoms with Crippen molar-refractivity contribution < 1.29 is 2.74 Å². The minimum absolute atomic E-state index is 0.00850. The highest BCUT2D eigenvalue weighted by molar-refractivity contribution is 7.00. The van der Waals surface area contributed by atoms with E-state index in [1.54, 1.807) is 0 Å². The van der Waals surface area contributed by atoms with Gasteiger partial charge in [-0.3, -0.25) is 0 Å². The molecule has 0 spiro atoms. The molecule has 7 rings (SSSR count). The molecule has 2 aliphatic heterocycles. The molecule has 0 amide bonds. The van der Waals surface area contributed by atoms with Gasteiger partial charge in [-0.25, -0.2) is 0 Å². The summed E-state index contributed by atoms with van der Waals surface area (Å²) in [6.45, 7) is 33.5. The van der Waals surface area contributed by atoms with Crippen LogP contribution in [0.25, 0.3) is 0 Å². The van der Waals surface area contributed by atoms with Gasteiger partial charge in [0.2, 0.25) is 0 Å². The molecule has 0 saturated carbocycles. The van der Waals surface area contributed by atoms with Crippen LogP contribution in [0.5, 0.6) is 0 Å². The van der Waals surface area contributed by atoms with Crippen LogP contribution >= 0.6 is 0 Å². The van der Waals surface area contributed by atoms with Crippen molar-refractivity contribution in [1.82, 2.24) is 0 Å². The summed E-state index contributed by atoms with van der Waals surface area (Å²) < 4.78 is 20.4. The zero-order valence-corrected chi connectivity index (χ0v) is 35.1. The molecule has 0 radical (unpaired) electrons. The summed E-state index contributed by atoms with van der Waals surface area (Å²) in [5.74, 6) is 0. The minimum atomic E-state index is -0.453. The number of benzene rings is 5. The number of fused-ring (bicyclic) bond motifs is 4. The molecule has 274 valence electrons. The second-order valence-electron chi connectivity index (χ2n) is 20.7. The first-order valence-electron chi connectivity index (χ1n) is 20.6. The van der Waals surface area contributed by atoms with Crippen molar-refractivity contribution in [3.63, 3.8) is 0 Å². The molecule has 0 bridgehead atoms. The normalized spacial score (nSPS) is 15.1. The van der Waals surface area contributed by atoms with Gasteiger partial charge in [0, 0.05) is 34.1 Å². The van der Waals surface area contributed by atoms with E-state index in [0.717, 1.165) is 45.2 Å². The fraction of sp³-hybridized carbons (Fsp3) is 0.400. The number of anilines is 6. The van der Waals surface area contributed by atoms with Crippen LogP contribution < -0.4 is 26.2 Å². The molecule has 0 unspecified atom stereocenters. The first-order valence-corrected chi connectivity index (χ1v) is 19.6. The van der Waals surface area contributed by atoms with Crippen molar-refractivity contribution in [1.29, 1.82) is 0 Å². The third kappa shape index (κ3) is 6.53. The fourth-order valence-electron chi connectivity index (χ4n) is 7.90. The Bertz CT molecular complexity index is 2150. The van der Waals surface area contributed by atoms with Gasteiger partial charge in [-0.2, -0.15) is 0 Å². The summed E-state index contributed by atoms with van der Waals surface area (Å²) in [6.07, 6.45) is 0. The number of hydrogen-bond acceptors (Lipinski definition) is 2. The highest BCUT2D eigenvalue weighted by Gasteiger charge is 2.45. The highest BCUT2D eigenvalue weighted by atomic mass is 15.2. The molecule has 2 aliphatic rings. The van der Waals surface area contributed by atoms with E-state index in [9.17, 15) is 2.74 Å². The summed E-state index contributed by atoms with van der Waals surface area (Å²) in [5, 5.41) is 0. The molecular formula is C50H61BN2. The van der Waals surface area contributed by atoms with E-state index in [0.29, 0.717) is 12.1 Å². The highest BCUT2D eigenvalue weighted by Crippen LogP contribution is 2.47. The minimum Gasteiger partial charge on any atom is -0.311 e. The lowest BCUT2D eigenvalue weighted by atomic mass is 9.33. The summed E-state index contributed by atoms with van der Waals surface area (Å²) in [5.41, 5.74) is 14.8. The Balaban J connectivity index is 1.67. The van der Waals surface area contributed by atoms with Crippen LogP contribution in [0.15, 0.2) is 97.0 Å². The monoisotopic (exact) mass is 703 g/mol. The smallest absolute Gasteiger partial charge is 0.252 e. The van der Waals surface area contributed by atoms with Gasteiger partial charge in [0.05, 0.1) is 2.74 Å². The predicted octanol–water partition coefficient (Wildman–Crippen LogP) is 12.3. The zero-order chi connectivity index (χ0) is 40.4. The van der Waals surface area contributed by atoms with Gasteiger partial charge in [-0.1, -0.05) is 152 Å². The van der Waals surface area contributed by atoms with Crippen LogP contribution in [0, 0.1) is 0 Å². The average molecular weight is 703 g/mol. The molecule has 2 heterocycles. The van der Waals surface area contributed by atoms with Gasteiger partial charge >= 0.3 is 0 Å². The van der Waals surface area contributed by atoms with Crippen LogP contribution in [-0.4, -0.2) is 6.71 Å². The topological polar surface area (TPSA) is 6.48 Å². The van der Waals surface area contributed by atoms with E-state index in [1.807, 2.05) is 0 Å². The first kappa shape index (κ1) is 34.5. The number of rotatable bonds is 2. The van der Waals surface area contributed by atoms with Gasteiger partial charge in [0.25, 0.3) is 6.71 Å². The Morgan fingerprint density at radius 1 is 0.377 bits per heavy atom. The van der Waals surface area contributed by atoms with E-state index < -0.39 is 5.41 Å². The van der Waals surface area contributed by atoms with E-state index in [4.69, 9.17) is 0 Å². The summed E-state index contributed by atoms with van der Waals surface area (Å²) >= 11 is 0. The predicted molar refractivity (Wildman–Crippen MR) is 234 cm³/mol. The molecule has 53 heavy (non-hydrogen) atoms. The largest absolute Gasteiger partial charge is 0.311 e. The summed E-state index contributed by atoms with van der Waals surface area (Å²) in [7, 11) is 0. The first-order chi connectivity index (χ1) is 25.3. The molecule has 0 aromatic heterocycles.